The van der Waals surface area contributed by atoms with E-state index in [1.807, 2.05) is 0 Å². The number of urea groups is 1. The minimum absolute atomic E-state index is 0.0360. The van der Waals surface area contributed by atoms with E-state index >= 15 is 0 Å². The summed E-state index contributed by atoms with van der Waals surface area (Å²) in [6.45, 7) is 1.20. The van der Waals surface area contributed by atoms with Gasteiger partial charge in [0.1, 0.15) is 11.9 Å². The number of nitrogens with two attached hydrogens (primary N) is 1. The normalized spacial score (nSPS) is 17.2. The molecule has 12 heteroatoms. The number of nitrogens with zero attached hydrogens (tertiary/aromatic N) is 2. The molecular formula is C25H28ClFN6O4. The van der Waals surface area contributed by atoms with Crippen LogP contribution in [0.5, 0.6) is 0 Å². The molecular weight excluding hydrogens is 503 g/mol. The largest absolute Gasteiger partial charge is 0.383 e. The second-order valence-electron chi connectivity index (χ2n) is 8.68. The van der Waals surface area contributed by atoms with Crippen molar-refractivity contribution in [2.24, 2.45) is 5.73 Å². The SMILES string of the molecule is COCCN[C@H]1C[C@@H](C(=O)NCc2cccc(Cl)c2F)N(C(=O)Nc2cn(C(N)=O)c3ccccc23)C1. The number of fused-ring (bicyclic) bond motifs is 1. The van der Waals surface area contributed by atoms with E-state index in [0.717, 1.165) is 0 Å². The van der Waals surface area contributed by atoms with Crippen LogP contribution < -0.4 is 21.7 Å². The third-order valence-electron chi connectivity index (χ3n) is 6.28. The highest BCUT2D eigenvalue weighted by atomic mass is 35.5. The molecule has 10 nitrogen and oxygen atoms in total. The molecule has 0 aliphatic carbocycles. The molecule has 4 rings (SSSR count). The van der Waals surface area contributed by atoms with Crippen LogP contribution in [-0.4, -0.2) is 66.3 Å². The quantitative estimate of drug-likeness (QED) is 0.333. The van der Waals surface area contributed by atoms with Gasteiger partial charge in [0.2, 0.25) is 5.91 Å². The van der Waals surface area contributed by atoms with E-state index < -0.39 is 29.8 Å². The molecule has 3 aromatic rings. The summed E-state index contributed by atoms with van der Waals surface area (Å²) in [4.78, 5) is 39.8. The third-order valence-corrected chi connectivity index (χ3v) is 6.57. The Bertz CT molecular complexity index is 1320. The molecule has 1 saturated heterocycles. The number of halogens is 2. The topological polar surface area (TPSA) is 131 Å². The molecule has 0 saturated carbocycles. The molecule has 0 spiro atoms. The van der Waals surface area contributed by atoms with Gasteiger partial charge in [-0.25, -0.2) is 14.0 Å². The zero-order valence-electron chi connectivity index (χ0n) is 20.2. The number of hydrogen-bond donors (Lipinski definition) is 4. The highest BCUT2D eigenvalue weighted by Crippen LogP contribution is 2.27. The van der Waals surface area contributed by atoms with Crippen molar-refractivity contribution in [2.45, 2.75) is 25.0 Å². The molecule has 2 heterocycles. The van der Waals surface area contributed by atoms with Gasteiger partial charge >= 0.3 is 12.1 Å². The number of nitrogens with one attached hydrogen (secondary N) is 3. The third kappa shape index (κ3) is 5.85. The Labute approximate surface area is 217 Å². The minimum atomic E-state index is -0.813. The van der Waals surface area contributed by atoms with Crippen molar-refractivity contribution < 1.29 is 23.5 Å². The highest BCUT2D eigenvalue weighted by Gasteiger charge is 2.39. The number of methoxy groups -OCH3 is 1. The van der Waals surface area contributed by atoms with Gasteiger partial charge in [-0.3, -0.25) is 9.36 Å². The number of benzene rings is 2. The zero-order chi connectivity index (χ0) is 26.5. The number of ether oxygens (including phenoxy) is 1. The molecule has 1 aliphatic rings. The molecule has 5 N–H and O–H groups in total. The van der Waals surface area contributed by atoms with Crippen LogP contribution in [-0.2, 0) is 16.1 Å². The van der Waals surface area contributed by atoms with E-state index in [1.54, 1.807) is 37.4 Å². The van der Waals surface area contributed by atoms with Crippen molar-refractivity contribution in [3.63, 3.8) is 0 Å². The van der Waals surface area contributed by atoms with Gasteiger partial charge in [-0.05, 0) is 18.6 Å². The summed E-state index contributed by atoms with van der Waals surface area (Å²) in [7, 11) is 1.59. The second-order valence-corrected chi connectivity index (χ2v) is 9.08. The van der Waals surface area contributed by atoms with Crippen LogP contribution in [0.15, 0.2) is 48.7 Å². The molecule has 4 amide bonds. The Kier molecular flexibility index (Phi) is 8.27. The van der Waals surface area contributed by atoms with Gasteiger partial charge in [-0.15, -0.1) is 0 Å². The van der Waals surface area contributed by atoms with Gasteiger partial charge in [0.15, 0.2) is 0 Å². The fourth-order valence-corrected chi connectivity index (χ4v) is 4.65. The average Bonchev–Trinajstić information content (AvgIpc) is 3.47. The predicted octanol–water partition coefficient (Wildman–Crippen LogP) is 2.89. The Morgan fingerprint density at radius 3 is 2.73 bits per heavy atom. The molecule has 196 valence electrons. The molecule has 37 heavy (non-hydrogen) atoms. The van der Waals surface area contributed by atoms with Crippen LogP contribution in [0, 0.1) is 5.82 Å². The number of amides is 4. The summed E-state index contributed by atoms with van der Waals surface area (Å²) in [5.41, 5.74) is 6.65. The predicted molar refractivity (Wildman–Crippen MR) is 138 cm³/mol. The molecule has 1 aromatic heterocycles. The Morgan fingerprint density at radius 1 is 1.19 bits per heavy atom. The lowest BCUT2D eigenvalue weighted by atomic mass is 10.1. The first-order valence-electron chi connectivity index (χ1n) is 11.7. The number of rotatable bonds is 8. The maximum atomic E-state index is 14.3. The van der Waals surface area contributed by atoms with Crippen LogP contribution in [0.2, 0.25) is 5.02 Å². The lowest BCUT2D eigenvalue weighted by molar-refractivity contribution is -0.124. The summed E-state index contributed by atoms with van der Waals surface area (Å²) in [6.07, 6.45) is 1.80. The van der Waals surface area contributed by atoms with Gasteiger partial charge < -0.3 is 31.3 Å². The van der Waals surface area contributed by atoms with Gasteiger partial charge in [0.05, 0.1) is 22.8 Å². The maximum absolute atomic E-state index is 14.3. The molecule has 0 unspecified atom stereocenters. The lowest BCUT2D eigenvalue weighted by Crippen LogP contribution is -2.47. The molecule has 2 atom stereocenters. The van der Waals surface area contributed by atoms with E-state index in [-0.39, 0.29) is 29.7 Å². The Balaban J connectivity index is 1.52. The minimum Gasteiger partial charge on any atom is -0.383 e. The van der Waals surface area contributed by atoms with Gasteiger partial charge in [0.25, 0.3) is 0 Å². The van der Waals surface area contributed by atoms with E-state index in [9.17, 15) is 18.8 Å². The number of likely N-dealkylation sites (tertiary alicyclic amines) is 1. The van der Waals surface area contributed by atoms with Crippen LogP contribution in [0.4, 0.5) is 19.7 Å². The van der Waals surface area contributed by atoms with Gasteiger partial charge in [0, 0.05) is 49.9 Å². The highest BCUT2D eigenvalue weighted by molar-refractivity contribution is 6.30. The van der Waals surface area contributed by atoms with Crippen molar-refractivity contribution in [3.05, 3.63) is 65.1 Å². The van der Waals surface area contributed by atoms with Crippen LogP contribution in [0.3, 0.4) is 0 Å². The first kappa shape index (κ1) is 26.4. The maximum Gasteiger partial charge on any atom is 0.323 e. The van der Waals surface area contributed by atoms with Crippen LogP contribution in [0.1, 0.15) is 12.0 Å². The summed E-state index contributed by atoms with van der Waals surface area (Å²) in [5.74, 6) is -1.03. The monoisotopic (exact) mass is 530 g/mol. The molecule has 0 radical (unpaired) electrons. The van der Waals surface area contributed by atoms with Crippen molar-refractivity contribution in [1.29, 1.82) is 0 Å². The van der Waals surface area contributed by atoms with E-state index in [4.69, 9.17) is 22.1 Å². The first-order valence-corrected chi connectivity index (χ1v) is 12.1. The fourth-order valence-electron chi connectivity index (χ4n) is 4.46. The smallest absolute Gasteiger partial charge is 0.323 e. The summed E-state index contributed by atoms with van der Waals surface area (Å²) in [6, 6.07) is 9.39. The van der Waals surface area contributed by atoms with Crippen LogP contribution in [0.25, 0.3) is 10.9 Å². The van der Waals surface area contributed by atoms with E-state index in [1.165, 1.54) is 27.8 Å². The van der Waals surface area contributed by atoms with Crippen molar-refractivity contribution in [1.82, 2.24) is 20.1 Å². The van der Waals surface area contributed by atoms with E-state index in [0.29, 0.717) is 36.2 Å². The van der Waals surface area contributed by atoms with Crippen molar-refractivity contribution in [2.75, 3.05) is 32.1 Å². The van der Waals surface area contributed by atoms with Gasteiger partial charge in [-0.1, -0.05) is 41.9 Å². The lowest BCUT2D eigenvalue weighted by Gasteiger charge is -2.24. The standard InChI is InChI=1S/C25H28ClFN6O4/c1-37-10-9-29-16-11-21(23(34)30-12-15-5-4-7-18(26)22(15)27)33(13-16)25(36)31-19-14-32(24(28)35)20-8-3-2-6-17(19)20/h2-8,14,16,21,29H,9-13H2,1H3,(H2,28,35)(H,30,34)(H,31,36)/t16-,21-/m0/s1. The average molecular weight is 531 g/mol. The number of primary amides is 1. The van der Waals surface area contributed by atoms with Gasteiger partial charge in [-0.2, -0.15) is 0 Å². The molecule has 1 fully saturated rings. The summed E-state index contributed by atoms with van der Waals surface area (Å²) >= 11 is 5.84. The Morgan fingerprint density at radius 2 is 1.97 bits per heavy atom. The number of para-hydroxylation sites is 1. The van der Waals surface area contributed by atoms with Crippen LogP contribution >= 0.6 is 11.6 Å². The summed E-state index contributed by atoms with van der Waals surface area (Å²) in [5, 5.41) is 9.41. The molecule has 2 aromatic carbocycles. The van der Waals surface area contributed by atoms with Crippen molar-refractivity contribution >= 4 is 46.2 Å². The number of hydrogen-bond acceptors (Lipinski definition) is 5. The Hall–Kier alpha value is -3.67. The summed E-state index contributed by atoms with van der Waals surface area (Å²) < 4.78 is 20.6. The molecule has 1 aliphatic heterocycles. The van der Waals surface area contributed by atoms with Crippen molar-refractivity contribution in [3.8, 4) is 0 Å². The number of carbonyl (C=O) groups is 3. The fraction of sp³-hybridized carbons (Fsp3) is 0.320. The zero-order valence-corrected chi connectivity index (χ0v) is 20.9. The number of aromatic nitrogens is 1. The number of carbonyl (C=O) groups excluding carboxylic acids is 3. The molecule has 0 bridgehead atoms. The number of anilines is 1. The van der Waals surface area contributed by atoms with E-state index in [2.05, 4.69) is 16.0 Å². The second kappa shape index (κ2) is 11.6. The first-order chi connectivity index (χ1) is 17.8.